The molecule has 5 heteroatoms. The van der Waals surface area contributed by atoms with Gasteiger partial charge in [0, 0.05) is 32.4 Å². The van der Waals surface area contributed by atoms with Crippen LogP contribution < -0.4 is 4.40 Å². The second kappa shape index (κ2) is 16.0. The summed E-state index contributed by atoms with van der Waals surface area (Å²) in [5, 5.41) is 2.47. The summed E-state index contributed by atoms with van der Waals surface area (Å²) >= 11 is 0.0719. The Kier molecular flexibility index (Phi) is 11.1. The first-order valence-electron chi connectivity index (χ1n) is 17.5. The van der Waals surface area contributed by atoms with E-state index in [-0.39, 0.29) is 20.1 Å². The van der Waals surface area contributed by atoms with Crippen LogP contribution in [-0.4, -0.2) is 23.2 Å². The van der Waals surface area contributed by atoms with Gasteiger partial charge in [-0.05, 0) is 62.1 Å². The van der Waals surface area contributed by atoms with Gasteiger partial charge in [0.25, 0.3) is 0 Å². The van der Waals surface area contributed by atoms with Crippen molar-refractivity contribution in [1.82, 2.24) is 9.97 Å². The molecule has 0 spiro atoms. The van der Waals surface area contributed by atoms with Crippen LogP contribution >= 0.6 is 11.3 Å². The third kappa shape index (κ3) is 8.32. The molecule has 3 aromatic heterocycles. The monoisotopic (exact) mass is 920 g/mol. The Labute approximate surface area is 323 Å². The number of benzene rings is 5. The summed E-state index contributed by atoms with van der Waals surface area (Å²) in [4.78, 5) is 9.17. The Morgan fingerprint density at radius 3 is 2.10 bits per heavy atom. The number of thiophene rings is 1. The van der Waals surface area contributed by atoms with Gasteiger partial charge in [-0.25, -0.2) is 0 Å². The number of rotatable bonds is 6. The number of hydrogen-bond acceptors (Lipinski definition) is 3. The van der Waals surface area contributed by atoms with Crippen molar-refractivity contribution in [3.63, 3.8) is 0 Å². The van der Waals surface area contributed by atoms with Crippen LogP contribution in [0.5, 0.6) is 0 Å². The van der Waals surface area contributed by atoms with Gasteiger partial charge in [0.15, 0.2) is 0 Å². The van der Waals surface area contributed by atoms with E-state index in [0.29, 0.717) is 0 Å². The number of fused-ring (bicyclic) bond motifs is 3. The van der Waals surface area contributed by atoms with Crippen LogP contribution in [0.1, 0.15) is 26.7 Å². The van der Waals surface area contributed by atoms with Crippen molar-refractivity contribution in [1.29, 1.82) is 0 Å². The Bertz CT molecular complexity index is 2430. The first-order valence-corrected chi connectivity index (χ1v) is 25.1. The van der Waals surface area contributed by atoms with E-state index in [9.17, 15) is 0 Å². The van der Waals surface area contributed by atoms with Gasteiger partial charge in [-0.1, -0.05) is 91.5 Å². The summed E-state index contributed by atoms with van der Waals surface area (Å²) in [6.45, 7) is 3.81. The number of pyridine rings is 2. The third-order valence-corrected chi connectivity index (χ3v) is 14.4. The fourth-order valence-electron chi connectivity index (χ4n) is 6.05. The molecule has 0 fully saturated rings. The first-order chi connectivity index (χ1) is 24.5. The second-order valence-electron chi connectivity index (χ2n) is 13.7. The molecule has 255 valence electrons. The van der Waals surface area contributed by atoms with Crippen LogP contribution in [0.4, 0.5) is 0 Å². The van der Waals surface area contributed by atoms with E-state index in [1.165, 1.54) is 46.8 Å². The molecule has 0 bridgehead atoms. The quantitative estimate of drug-likeness (QED) is 0.123. The maximum Gasteiger partial charge on any atom is 0 e. The molecule has 1 radical (unpaired) electrons. The van der Waals surface area contributed by atoms with Crippen molar-refractivity contribution in [2.24, 2.45) is 0 Å². The smallest absolute Gasteiger partial charge is 0 e. The van der Waals surface area contributed by atoms with Gasteiger partial charge in [-0.3, -0.25) is 0 Å². The Morgan fingerprint density at radius 2 is 1.39 bits per heavy atom. The van der Waals surface area contributed by atoms with Crippen LogP contribution in [0.15, 0.2) is 146 Å². The molecule has 0 N–H and O–H groups in total. The van der Waals surface area contributed by atoms with Gasteiger partial charge in [0.1, 0.15) is 0 Å². The van der Waals surface area contributed by atoms with Crippen molar-refractivity contribution in [2.75, 3.05) is 0 Å². The molecule has 2 nitrogen and oxygen atoms in total. The van der Waals surface area contributed by atoms with E-state index in [0.717, 1.165) is 28.1 Å². The molecule has 0 saturated heterocycles. The van der Waals surface area contributed by atoms with E-state index in [2.05, 4.69) is 124 Å². The molecule has 0 unspecified atom stereocenters. The molecule has 0 aliphatic carbocycles. The largest absolute Gasteiger partial charge is 0 e. The number of nitrogens with zero attached hydrogens (tertiary/aromatic N) is 2. The molecule has 0 aliphatic heterocycles. The van der Waals surface area contributed by atoms with Gasteiger partial charge in [-0.2, -0.15) is 11.3 Å². The number of aromatic nitrogens is 2. The second-order valence-corrected chi connectivity index (χ2v) is 25.4. The van der Waals surface area contributed by atoms with Crippen LogP contribution in [0, 0.1) is 12.1 Å². The average molecular weight is 919 g/mol. The summed E-state index contributed by atoms with van der Waals surface area (Å²) in [7, 11) is 0. The molecule has 0 atom stereocenters. The van der Waals surface area contributed by atoms with Crippen molar-refractivity contribution in [3.05, 3.63) is 164 Å². The maximum absolute atomic E-state index is 8.42. The van der Waals surface area contributed by atoms with Gasteiger partial charge in [-0.15, -0.1) is 23.8 Å². The molecule has 3 heterocycles. The Balaban J connectivity index is 0.000000230. The van der Waals surface area contributed by atoms with Crippen molar-refractivity contribution in [2.45, 2.75) is 37.0 Å². The van der Waals surface area contributed by atoms with Crippen molar-refractivity contribution >= 4 is 49.2 Å². The molecule has 5 aromatic carbocycles. The predicted octanol–water partition coefficient (Wildman–Crippen LogP) is 12.5. The molecular formula is C46H40GeIrN2S-2. The topological polar surface area (TPSA) is 25.8 Å². The van der Waals surface area contributed by atoms with E-state index in [4.69, 9.17) is 1.37 Å². The zero-order valence-corrected chi connectivity index (χ0v) is 34.8. The van der Waals surface area contributed by atoms with Crippen LogP contribution in [0.2, 0.25) is 17.3 Å². The summed E-state index contributed by atoms with van der Waals surface area (Å²) in [6, 6.07) is 53.0. The van der Waals surface area contributed by atoms with E-state index in [1.807, 2.05) is 68.6 Å². The average Bonchev–Trinajstić information content (AvgIpc) is 3.54. The zero-order chi connectivity index (χ0) is 35.6. The van der Waals surface area contributed by atoms with Gasteiger partial charge in [0.2, 0.25) is 0 Å². The van der Waals surface area contributed by atoms with Gasteiger partial charge in [0.05, 0.1) is 0 Å². The maximum atomic E-state index is 8.42. The molecule has 0 aliphatic rings. The third-order valence-electron chi connectivity index (χ3n) is 8.94. The summed E-state index contributed by atoms with van der Waals surface area (Å²) in [5.41, 5.74) is 9.77. The van der Waals surface area contributed by atoms with E-state index in [1.54, 1.807) is 17.5 Å². The van der Waals surface area contributed by atoms with Crippen LogP contribution in [0.25, 0.3) is 64.9 Å². The molecule has 0 amide bonds. The predicted molar refractivity (Wildman–Crippen MR) is 218 cm³/mol. The van der Waals surface area contributed by atoms with Crippen LogP contribution in [-0.2, 0) is 20.1 Å². The first kappa shape index (κ1) is 35.2. The van der Waals surface area contributed by atoms with Gasteiger partial charge < -0.3 is 4.98 Å². The summed E-state index contributed by atoms with van der Waals surface area (Å²) < 4.78 is 12.3. The molecule has 8 aromatic rings. The van der Waals surface area contributed by atoms with Gasteiger partial charge >= 0.3 is 99.8 Å². The molecule has 8 rings (SSSR count). The minimum absolute atomic E-state index is 0. The number of hydrogen-bond donors (Lipinski definition) is 0. The summed E-state index contributed by atoms with van der Waals surface area (Å²) in [5.74, 6) is 6.47. The van der Waals surface area contributed by atoms with Crippen molar-refractivity contribution in [3.8, 4) is 44.8 Å². The molecule has 0 saturated carbocycles. The van der Waals surface area contributed by atoms with E-state index < -0.39 is 19.2 Å². The minimum Gasteiger partial charge on any atom is 0 e. The zero-order valence-electron chi connectivity index (χ0n) is 30.5. The Morgan fingerprint density at radius 1 is 0.647 bits per heavy atom. The minimum atomic E-state index is -1.72. The Hall–Kier alpha value is -4.19. The fraction of sp³-hybridized carbons (Fsp3) is 0.130. The van der Waals surface area contributed by atoms with E-state index >= 15 is 0 Å². The normalized spacial score (nSPS) is 11.7. The summed E-state index contributed by atoms with van der Waals surface area (Å²) in [6.07, 6.45) is 3.84. The van der Waals surface area contributed by atoms with Crippen LogP contribution in [0.3, 0.4) is 0 Å². The van der Waals surface area contributed by atoms with Crippen molar-refractivity contribution < 1.29 is 21.5 Å². The SMILES string of the molecule is [2H]C(C)(C)c1ccnc(-c2[c-]ccc3c2sc2cc(-c4cccc(-c5ccccc5)c4)ccc23)c1.[CH3][Ge]([CH3])([CH3])[c]1ccc(-c2[c-]cccc2)nc1.[Ir]. The molecule has 51 heavy (non-hydrogen) atoms. The standard InChI is InChI=1S/C32H24NS.C14H16GeN.Ir/c1-21(2)23-16-17-33-30(19-23)29-13-7-12-28-27-15-14-26(20-31(27)34-32(28)29)25-11-6-10-24(18-25)22-8-4-3-5-9-22;1-15(2,3)13-9-10-14(16-11-13)12-7-5-4-6-8-12;/h3-12,14-21H,1-2H3;4-7,9-11H,1-3H3;/q2*-1;/i21D;;. The molecular weight excluding hydrogens is 877 g/mol. The fourth-order valence-corrected chi connectivity index (χ4v) is 9.47.